The van der Waals surface area contributed by atoms with Crippen molar-refractivity contribution in [1.82, 2.24) is 4.98 Å². The minimum absolute atomic E-state index is 0.0383. The summed E-state index contributed by atoms with van der Waals surface area (Å²) in [5, 5.41) is 14.5. The molecule has 3 rings (SSSR count). The molecule has 1 aromatic heterocycles. The molecule has 0 fully saturated rings. The fraction of sp³-hybridized carbons (Fsp3) is 0.235. The number of benzene rings is 2. The van der Waals surface area contributed by atoms with Crippen molar-refractivity contribution in [2.45, 2.75) is 26.8 Å². The summed E-state index contributed by atoms with van der Waals surface area (Å²) in [7, 11) is 0. The Labute approximate surface area is 128 Å². The second kappa shape index (κ2) is 5.37. The zero-order chi connectivity index (χ0) is 15.0. The van der Waals surface area contributed by atoms with Crippen LogP contribution in [0.15, 0.2) is 36.4 Å². The van der Waals surface area contributed by atoms with Crippen molar-refractivity contribution >= 4 is 27.2 Å². The lowest BCUT2D eigenvalue weighted by Gasteiger charge is -2.17. The summed E-state index contributed by atoms with van der Waals surface area (Å²) in [5.41, 5.74) is 4.13. The number of hydrogen-bond acceptors (Lipinski definition) is 4. The molecule has 108 valence electrons. The van der Waals surface area contributed by atoms with E-state index in [1.165, 1.54) is 4.70 Å². The highest BCUT2D eigenvalue weighted by atomic mass is 32.1. The van der Waals surface area contributed by atoms with Crippen molar-refractivity contribution in [3.63, 3.8) is 0 Å². The normalized spacial score (nSPS) is 12.5. The highest BCUT2D eigenvalue weighted by Crippen LogP contribution is 2.30. The molecule has 0 spiro atoms. The summed E-state index contributed by atoms with van der Waals surface area (Å²) >= 11 is 1.69. The molecular formula is C17H18N2OS. The SMILES string of the molecule is Cc1ccc(O)c(C(C)Nc2ccc3nc(C)sc3c2)c1. The predicted octanol–water partition coefficient (Wildman–Crippen LogP) is 4.79. The zero-order valence-corrected chi connectivity index (χ0v) is 13.2. The van der Waals surface area contributed by atoms with Crippen molar-refractivity contribution < 1.29 is 5.11 Å². The lowest BCUT2D eigenvalue weighted by molar-refractivity contribution is 0.465. The lowest BCUT2D eigenvalue weighted by atomic mass is 10.0. The Morgan fingerprint density at radius 1 is 1.14 bits per heavy atom. The van der Waals surface area contributed by atoms with E-state index in [9.17, 15) is 5.11 Å². The number of thiazole rings is 1. The average molecular weight is 298 g/mol. The molecule has 0 saturated heterocycles. The first kappa shape index (κ1) is 13.9. The number of aryl methyl sites for hydroxylation is 2. The smallest absolute Gasteiger partial charge is 0.120 e. The lowest BCUT2D eigenvalue weighted by Crippen LogP contribution is -2.07. The molecule has 1 heterocycles. The number of hydrogen-bond donors (Lipinski definition) is 2. The molecule has 2 aromatic carbocycles. The average Bonchev–Trinajstić information content (AvgIpc) is 2.80. The molecule has 0 saturated carbocycles. The number of fused-ring (bicyclic) bond motifs is 1. The van der Waals surface area contributed by atoms with Crippen LogP contribution in [-0.2, 0) is 0 Å². The van der Waals surface area contributed by atoms with E-state index < -0.39 is 0 Å². The largest absolute Gasteiger partial charge is 0.508 e. The van der Waals surface area contributed by atoms with E-state index in [4.69, 9.17) is 0 Å². The Bertz CT molecular complexity index is 795. The van der Waals surface area contributed by atoms with E-state index in [1.807, 2.05) is 38.1 Å². The molecule has 3 aromatic rings. The van der Waals surface area contributed by atoms with Crippen LogP contribution in [0.3, 0.4) is 0 Å². The minimum Gasteiger partial charge on any atom is -0.508 e. The van der Waals surface area contributed by atoms with Crippen molar-refractivity contribution in [3.8, 4) is 5.75 Å². The van der Waals surface area contributed by atoms with Gasteiger partial charge in [-0.15, -0.1) is 11.3 Å². The Hall–Kier alpha value is -2.07. The molecule has 0 aliphatic heterocycles. The summed E-state index contributed by atoms with van der Waals surface area (Å²) < 4.78 is 1.18. The quantitative estimate of drug-likeness (QED) is 0.730. The maximum absolute atomic E-state index is 10.0. The first-order valence-corrected chi connectivity index (χ1v) is 7.78. The first-order valence-electron chi connectivity index (χ1n) is 6.96. The van der Waals surface area contributed by atoms with E-state index >= 15 is 0 Å². The van der Waals surface area contributed by atoms with Crippen LogP contribution in [-0.4, -0.2) is 10.1 Å². The van der Waals surface area contributed by atoms with E-state index in [0.717, 1.165) is 27.3 Å². The number of aromatic hydroxyl groups is 1. The summed E-state index contributed by atoms with van der Waals surface area (Å²) in [4.78, 5) is 4.47. The van der Waals surface area contributed by atoms with Crippen LogP contribution in [0.2, 0.25) is 0 Å². The monoisotopic (exact) mass is 298 g/mol. The van der Waals surface area contributed by atoms with Gasteiger partial charge in [0.15, 0.2) is 0 Å². The number of nitrogens with one attached hydrogen (secondary N) is 1. The first-order chi connectivity index (χ1) is 10.0. The third-order valence-electron chi connectivity index (χ3n) is 3.53. The second-order valence-electron chi connectivity index (χ2n) is 5.34. The van der Waals surface area contributed by atoms with E-state index in [2.05, 4.69) is 23.3 Å². The highest BCUT2D eigenvalue weighted by Gasteiger charge is 2.11. The van der Waals surface area contributed by atoms with Gasteiger partial charge in [0.1, 0.15) is 5.75 Å². The summed E-state index contributed by atoms with van der Waals surface area (Å²) in [5.74, 6) is 0.329. The molecule has 1 unspecified atom stereocenters. The van der Waals surface area contributed by atoms with Gasteiger partial charge in [-0.2, -0.15) is 0 Å². The molecule has 0 bridgehead atoms. The minimum atomic E-state index is 0.0383. The molecule has 0 amide bonds. The molecule has 1 atom stereocenters. The molecule has 0 aliphatic carbocycles. The number of anilines is 1. The van der Waals surface area contributed by atoms with Crippen LogP contribution >= 0.6 is 11.3 Å². The van der Waals surface area contributed by atoms with Crippen molar-refractivity contribution in [1.29, 1.82) is 0 Å². The predicted molar refractivity (Wildman–Crippen MR) is 89.2 cm³/mol. The van der Waals surface area contributed by atoms with Crippen LogP contribution in [0.4, 0.5) is 5.69 Å². The van der Waals surface area contributed by atoms with Gasteiger partial charge >= 0.3 is 0 Å². The van der Waals surface area contributed by atoms with Gasteiger partial charge in [0.05, 0.1) is 21.3 Å². The van der Waals surface area contributed by atoms with Gasteiger partial charge in [-0.25, -0.2) is 4.98 Å². The summed E-state index contributed by atoms with van der Waals surface area (Å²) in [6.07, 6.45) is 0. The van der Waals surface area contributed by atoms with E-state index in [-0.39, 0.29) is 6.04 Å². The van der Waals surface area contributed by atoms with E-state index in [0.29, 0.717) is 5.75 Å². The molecule has 4 heteroatoms. The fourth-order valence-corrected chi connectivity index (χ4v) is 3.34. The Morgan fingerprint density at radius 3 is 2.76 bits per heavy atom. The van der Waals surface area contributed by atoms with Gasteiger partial charge in [0, 0.05) is 11.3 Å². The number of nitrogens with zero attached hydrogens (tertiary/aromatic N) is 1. The fourth-order valence-electron chi connectivity index (χ4n) is 2.48. The van der Waals surface area contributed by atoms with Gasteiger partial charge in [-0.05, 0) is 45.0 Å². The number of rotatable bonds is 3. The van der Waals surface area contributed by atoms with Crippen LogP contribution in [0, 0.1) is 13.8 Å². The third kappa shape index (κ3) is 2.85. The van der Waals surface area contributed by atoms with Gasteiger partial charge < -0.3 is 10.4 Å². The second-order valence-corrected chi connectivity index (χ2v) is 6.58. The molecular weight excluding hydrogens is 280 g/mol. The molecule has 0 radical (unpaired) electrons. The Balaban J connectivity index is 1.88. The van der Waals surface area contributed by atoms with Crippen LogP contribution in [0.1, 0.15) is 29.1 Å². The number of aromatic nitrogens is 1. The van der Waals surface area contributed by atoms with Gasteiger partial charge in [0.25, 0.3) is 0 Å². The van der Waals surface area contributed by atoms with Gasteiger partial charge in [-0.1, -0.05) is 17.7 Å². The van der Waals surface area contributed by atoms with Crippen molar-refractivity contribution in [3.05, 3.63) is 52.5 Å². The van der Waals surface area contributed by atoms with Crippen LogP contribution in [0.25, 0.3) is 10.2 Å². The van der Waals surface area contributed by atoms with Crippen molar-refractivity contribution in [2.75, 3.05) is 5.32 Å². The topological polar surface area (TPSA) is 45.1 Å². The zero-order valence-electron chi connectivity index (χ0n) is 12.3. The third-order valence-corrected chi connectivity index (χ3v) is 4.46. The number of phenolic OH excluding ortho intramolecular Hbond substituents is 1. The Morgan fingerprint density at radius 2 is 1.95 bits per heavy atom. The molecule has 2 N–H and O–H groups in total. The maximum atomic E-state index is 10.0. The highest BCUT2D eigenvalue weighted by molar-refractivity contribution is 7.18. The van der Waals surface area contributed by atoms with Gasteiger partial charge in [-0.3, -0.25) is 0 Å². The summed E-state index contributed by atoms with van der Waals surface area (Å²) in [6.45, 7) is 6.10. The Kier molecular flexibility index (Phi) is 3.55. The standard InChI is InChI=1S/C17H18N2OS/c1-10-4-7-16(20)14(8-10)11(2)18-13-5-6-15-17(9-13)21-12(3)19-15/h4-9,11,18,20H,1-3H3. The molecule has 21 heavy (non-hydrogen) atoms. The summed E-state index contributed by atoms with van der Waals surface area (Å²) in [6, 6.07) is 11.9. The molecule has 3 nitrogen and oxygen atoms in total. The van der Waals surface area contributed by atoms with Gasteiger partial charge in [0.2, 0.25) is 0 Å². The maximum Gasteiger partial charge on any atom is 0.120 e. The van der Waals surface area contributed by atoms with Crippen molar-refractivity contribution in [2.24, 2.45) is 0 Å². The van der Waals surface area contributed by atoms with Crippen LogP contribution < -0.4 is 5.32 Å². The number of phenols is 1. The van der Waals surface area contributed by atoms with Crippen LogP contribution in [0.5, 0.6) is 5.75 Å². The van der Waals surface area contributed by atoms with E-state index in [1.54, 1.807) is 17.4 Å². The molecule has 0 aliphatic rings.